The van der Waals surface area contributed by atoms with Crippen LogP contribution in [0.3, 0.4) is 0 Å². The van der Waals surface area contributed by atoms with E-state index in [2.05, 4.69) is 18.7 Å². The molecule has 0 saturated carbocycles. The van der Waals surface area contributed by atoms with Crippen molar-refractivity contribution in [2.24, 2.45) is 5.92 Å². The third-order valence-corrected chi connectivity index (χ3v) is 2.67. The second kappa shape index (κ2) is 6.65. The Labute approximate surface area is 92.6 Å². The molecule has 0 aromatic carbocycles. The van der Waals surface area contributed by atoms with Crippen molar-refractivity contribution in [1.82, 2.24) is 4.90 Å². The molecule has 1 aliphatic heterocycles. The molecule has 0 aliphatic carbocycles. The lowest BCUT2D eigenvalue weighted by molar-refractivity contribution is 0.104. The Hall–Kier alpha value is 0.210. The van der Waals surface area contributed by atoms with Gasteiger partial charge < -0.3 is 9.64 Å². The van der Waals surface area contributed by atoms with Gasteiger partial charge in [-0.25, -0.2) is 0 Å². The van der Waals surface area contributed by atoms with Gasteiger partial charge in [-0.1, -0.05) is 13.8 Å². The third kappa shape index (κ3) is 5.18. The highest BCUT2D eigenvalue weighted by Crippen LogP contribution is 2.10. The van der Waals surface area contributed by atoms with E-state index >= 15 is 0 Å². The zero-order valence-corrected chi connectivity index (χ0v) is 10.1. The number of halogens is 1. The summed E-state index contributed by atoms with van der Waals surface area (Å²) < 4.78 is 5.51. The number of nitrogens with zero attached hydrogens (tertiary/aromatic N) is 1. The minimum atomic E-state index is 0.159. The Morgan fingerprint density at radius 1 is 1.21 bits per heavy atom. The first-order valence-electron chi connectivity index (χ1n) is 5.62. The highest BCUT2D eigenvalue weighted by Gasteiger charge is 2.15. The number of rotatable bonds is 6. The van der Waals surface area contributed by atoms with E-state index in [0.29, 0.717) is 12.5 Å². The maximum Gasteiger partial charge on any atom is 0.0696 e. The van der Waals surface area contributed by atoms with Gasteiger partial charge in [-0.05, 0) is 31.8 Å². The average molecular weight is 220 g/mol. The minimum absolute atomic E-state index is 0.159. The molecule has 0 bridgehead atoms. The van der Waals surface area contributed by atoms with E-state index in [1.807, 2.05) is 0 Å². The minimum Gasteiger partial charge on any atom is -0.380 e. The molecule has 0 aromatic heterocycles. The number of likely N-dealkylation sites (tertiary alicyclic amines) is 1. The number of alkyl halides is 1. The molecular weight excluding hydrogens is 198 g/mol. The fourth-order valence-electron chi connectivity index (χ4n) is 1.73. The molecule has 0 N–H and O–H groups in total. The summed E-state index contributed by atoms with van der Waals surface area (Å²) in [5.74, 6) is 0.602. The maximum absolute atomic E-state index is 6.18. The van der Waals surface area contributed by atoms with Gasteiger partial charge in [0.05, 0.1) is 12.0 Å². The number of hydrogen-bond acceptors (Lipinski definition) is 2. The standard InChI is InChI=1S/C11H22ClNO/c1-10(2)8-14-9-11(12)7-13-5-3-4-6-13/h10-11H,3-9H2,1-2H3/t11-/m0/s1. The van der Waals surface area contributed by atoms with Crippen LogP contribution in [-0.4, -0.2) is 43.1 Å². The molecule has 0 aromatic rings. The van der Waals surface area contributed by atoms with Crippen molar-refractivity contribution >= 4 is 11.6 Å². The fourth-order valence-corrected chi connectivity index (χ4v) is 2.01. The van der Waals surface area contributed by atoms with Gasteiger partial charge in [0.2, 0.25) is 0 Å². The molecule has 0 amide bonds. The molecule has 14 heavy (non-hydrogen) atoms. The average Bonchev–Trinajstić information content (AvgIpc) is 2.56. The van der Waals surface area contributed by atoms with Crippen molar-refractivity contribution in [3.05, 3.63) is 0 Å². The van der Waals surface area contributed by atoms with Crippen LogP contribution in [-0.2, 0) is 4.74 Å². The van der Waals surface area contributed by atoms with E-state index in [9.17, 15) is 0 Å². The predicted molar refractivity (Wildman–Crippen MR) is 61.0 cm³/mol. The third-order valence-electron chi connectivity index (χ3n) is 2.40. The van der Waals surface area contributed by atoms with Crippen LogP contribution >= 0.6 is 11.6 Å². The highest BCUT2D eigenvalue weighted by molar-refractivity contribution is 6.20. The molecule has 1 atom stereocenters. The summed E-state index contributed by atoms with van der Waals surface area (Å²) in [4.78, 5) is 2.43. The Morgan fingerprint density at radius 3 is 2.43 bits per heavy atom. The van der Waals surface area contributed by atoms with Gasteiger partial charge >= 0.3 is 0 Å². The van der Waals surface area contributed by atoms with E-state index in [1.54, 1.807) is 0 Å². The summed E-state index contributed by atoms with van der Waals surface area (Å²) >= 11 is 6.18. The number of ether oxygens (including phenoxy) is 1. The molecule has 1 heterocycles. The zero-order valence-electron chi connectivity index (χ0n) is 9.34. The van der Waals surface area contributed by atoms with Crippen LogP contribution in [0.25, 0.3) is 0 Å². The second-order valence-electron chi connectivity index (χ2n) is 4.54. The summed E-state index contributed by atoms with van der Waals surface area (Å²) in [5, 5.41) is 0.159. The molecule has 1 rings (SSSR count). The van der Waals surface area contributed by atoms with E-state index < -0.39 is 0 Å². The van der Waals surface area contributed by atoms with Crippen LogP contribution in [0.1, 0.15) is 26.7 Å². The summed E-state index contributed by atoms with van der Waals surface area (Å²) in [5.41, 5.74) is 0. The van der Waals surface area contributed by atoms with Gasteiger partial charge in [0, 0.05) is 13.2 Å². The summed E-state index contributed by atoms with van der Waals surface area (Å²) in [6, 6.07) is 0. The first-order valence-corrected chi connectivity index (χ1v) is 6.06. The molecule has 0 unspecified atom stereocenters. The summed E-state index contributed by atoms with van der Waals surface area (Å²) in [6.07, 6.45) is 2.66. The van der Waals surface area contributed by atoms with Crippen molar-refractivity contribution in [2.75, 3.05) is 32.8 Å². The first-order chi connectivity index (χ1) is 6.68. The summed E-state index contributed by atoms with van der Waals surface area (Å²) in [7, 11) is 0. The Balaban J connectivity index is 2.00. The number of hydrogen-bond donors (Lipinski definition) is 0. The fraction of sp³-hybridized carbons (Fsp3) is 1.00. The molecule has 1 saturated heterocycles. The van der Waals surface area contributed by atoms with Crippen LogP contribution in [0.15, 0.2) is 0 Å². The molecule has 0 spiro atoms. The van der Waals surface area contributed by atoms with Crippen molar-refractivity contribution in [3.8, 4) is 0 Å². The normalized spacial score (nSPS) is 20.6. The van der Waals surface area contributed by atoms with E-state index in [1.165, 1.54) is 25.9 Å². The molecule has 3 heteroatoms. The molecule has 2 nitrogen and oxygen atoms in total. The van der Waals surface area contributed by atoms with Gasteiger partial charge in [0.15, 0.2) is 0 Å². The first kappa shape index (κ1) is 12.3. The SMILES string of the molecule is CC(C)COC[C@@H](Cl)CN1CCCC1. The topological polar surface area (TPSA) is 12.5 Å². The van der Waals surface area contributed by atoms with Gasteiger partial charge in [-0.3, -0.25) is 0 Å². The van der Waals surface area contributed by atoms with E-state index in [0.717, 1.165) is 13.2 Å². The van der Waals surface area contributed by atoms with E-state index in [4.69, 9.17) is 16.3 Å². The molecular formula is C11H22ClNO. The van der Waals surface area contributed by atoms with Gasteiger partial charge in [-0.15, -0.1) is 11.6 Å². The second-order valence-corrected chi connectivity index (χ2v) is 5.15. The lowest BCUT2D eigenvalue weighted by Crippen LogP contribution is -2.30. The predicted octanol–water partition coefficient (Wildman–Crippen LogP) is 2.36. The smallest absolute Gasteiger partial charge is 0.0696 e. The molecule has 1 aliphatic rings. The monoisotopic (exact) mass is 219 g/mol. The van der Waals surface area contributed by atoms with Crippen LogP contribution in [0.4, 0.5) is 0 Å². The maximum atomic E-state index is 6.18. The van der Waals surface area contributed by atoms with Crippen LogP contribution in [0.5, 0.6) is 0 Å². The van der Waals surface area contributed by atoms with Crippen molar-refractivity contribution < 1.29 is 4.74 Å². The Bertz CT molecular complexity index is 146. The Morgan fingerprint density at radius 2 is 1.86 bits per heavy atom. The van der Waals surface area contributed by atoms with Crippen molar-refractivity contribution in [3.63, 3.8) is 0 Å². The lowest BCUT2D eigenvalue weighted by atomic mass is 10.2. The largest absolute Gasteiger partial charge is 0.380 e. The van der Waals surface area contributed by atoms with Crippen LogP contribution < -0.4 is 0 Å². The molecule has 84 valence electrons. The summed E-state index contributed by atoms with van der Waals surface area (Å²) in [6.45, 7) is 9.24. The molecule has 0 radical (unpaired) electrons. The molecule has 1 fully saturated rings. The highest BCUT2D eigenvalue weighted by atomic mass is 35.5. The van der Waals surface area contributed by atoms with Gasteiger partial charge in [0.1, 0.15) is 0 Å². The van der Waals surface area contributed by atoms with Crippen LogP contribution in [0, 0.1) is 5.92 Å². The Kier molecular flexibility index (Phi) is 5.83. The van der Waals surface area contributed by atoms with Crippen molar-refractivity contribution in [2.45, 2.75) is 32.1 Å². The van der Waals surface area contributed by atoms with Gasteiger partial charge in [0.25, 0.3) is 0 Å². The van der Waals surface area contributed by atoms with Gasteiger partial charge in [-0.2, -0.15) is 0 Å². The van der Waals surface area contributed by atoms with Crippen LogP contribution in [0.2, 0.25) is 0 Å². The lowest BCUT2D eigenvalue weighted by Gasteiger charge is -2.19. The van der Waals surface area contributed by atoms with Crippen molar-refractivity contribution in [1.29, 1.82) is 0 Å². The quantitative estimate of drug-likeness (QED) is 0.636. The zero-order chi connectivity index (χ0) is 10.4. The van der Waals surface area contributed by atoms with E-state index in [-0.39, 0.29) is 5.38 Å².